The summed E-state index contributed by atoms with van der Waals surface area (Å²) in [5.41, 5.74) is 4.55. The second-order valence-electron chi connectivity index (χ2n) is 6.78. The molecule has 0 fully saturated rings. The van der Waals surface area contributed by atoms with E-state index in [9.17, 15) is 4.79 Å². The van der Waals surface area contributed by atoms with Gasteiger partial charge in [-0.2, -0.15) is 0 Å². The number of anilines is 1. The molecule has 2 aromatic rings. The number of fused-ring (bicyclic) bond motifs is 1. The van der Waals surface area contributed by atoms with Gasteiger partial charge in [-0.3, -0.25) is 4.79 Å². The molecule has 0 radical (unpaired) electrons. The number of methoxy groups -OCH3 is 1. The molecule has 3 rings (SSSR count). The van der Waals surface area contributed by atoms with Crippen molar-refractivity contribution in [1.29, 1.82) is 0 Å². The molecule has 0 heterocycles. The predicted octanol–water partition coefficient (Wildman–Crippen LogP) is 4.51. The van der Waals surface area contributed by atoms with E-state index in [1.807, 2.05) is 37.3 Å². The molecule has 0 unspecified atom stereocenters. The average molecular weight is 353 g/mol. The summed E-state index contributed by atoms with van der Waals surface area (Å²) in [6.07, 6.45) is 4.83. The van der Waals surface area contributed by atoms with Gasteiger partial charge in [0.25, 0.3) is 5.91 Å². The van der Waals surface area contributed by atoms with E-state index in [1.165, 1.54) is 24.0 Å². The highest BCUT2D eigenvalue weighted by molar-refractivity contribution is 5.94. The maximum atomic E-state index is 12.6. The zero-order chi connectivity index (χ0) is 18.4. The molecule has 1 amide bonds. The molecule has 0 bridgehead atoms. The zero-order valence-corrected chi connectivity index (χ0v) is 15.6. The fourth-order valence-electron chi connectivity index (χ4n) is 3.40. The zero-order valence-electron chi connectivity index (χ0n) is 15.6. The molecule has 4 heteroatoms. The van der Waals surface area contributed by atoms with E-state index in [2.05, 4.69) is 17.4 Å². The van der Waals surface area contributed by atoms with E-state index in [0.29, 0.717) is 13.0 Å². The monoisotopic (exact) mass is 353 g/mol. The second kappa shape index (κ2) is 8.86. The average Bonchev–Trinajstić information content (AvgIpc) is 2.66. The van der Waals surface area contributed by atoms with Gasteiger partial charge in [0, 0.05) is 12.8 Å². The molecular weight excluding hydrogens is 326 g/mol. The summed E-state index contributed by atoms with van der Waals surface area (Å²) in [7, 11) is 1.66. The Bertz CT molecular complexity index is 757. The molecule has 1 aliphatic rings. The number of carbonyl (C=O) groups excluding carboxylic acids is 1. The van der Waals surface area contributed by atoms with Crippen molar-refractivity contribution in [3.63, 3.8) is 0 Å². The minimum atomic E-state index is -0.511. The first kappa shape index (κ1) is 18.5. The van der Waals surface area contributed by atoms with E-state index >= 15 is 0 Å². The van der Waals surface area contributed by atoms with Gasteiger partial charge in [-0.25, -0.2) is 0 Å². The predicted molar refractivity (Wildman–Crippen MR) is 104 cm³/mol. The van der Waals surface area contributed by atoms with Gasteiger partial charge in [0.15, 0.2) is 6.10 Å². The van der Waals surface area contributed by atoms with Gasteiger partial charge in [-0.05, 0) is 73.1 Å². The van der Waals surface area contributed by atoms with Crippen LogP contribution in [0.1, 0.15) is 42.9 Å². The maximum Gasteiger partial charge on any atom is 0.265 e. The van der Waals surface area contributed by atoms with Crippen molar-refractivity contribution >= 4 is 11.6 Å². The second-order valence-corrected chi connectivity index (χ2v) is 6.78. The van der Waals surface area contributed by atoms with Gasteiger partial charge < -0.3 is 14.8 Å². The molecule has 0 saturated carbocycles. The Hall–Kier alpha value is -2.33. The first-order valence-electron chi connectivity index (χ1n) is 9.36. The fraction of sp³-hybridized carbons (Fsp3) is 0.409. The van der Waals surface area contributed by atoms with Crippen LogP contribution in [0, 0.1) is 0 Å². The smallest absolute Gasteiger partial charge is 0.265 e. The van der Waals surface area contributed by atoms with Crippen molar-refractivity contribution in [3.05, 3.63) is 59.2 Å². The van der Waals surface area contributed by atoms with Crippen molar-refractivity contribution in [2.75, 3.05) is 12.4 Å². The van der Waals surface area contributed by atoms with Crippen LogP contribution >= 0.6 is 0 Å². The van der Waals surface area contributed by atoms with E-state index in [0.717, 1.165) is 29.8 Å². The highest BCUT2D eigenvalue weighted by Crippen LogP contribution is 2.26. The molecule has 138 valence electrons. The molecule has 0 spiro atoms. The van der Waals surface area contributed by atoms with Crippen molar-refractivity contribution in [3.8, 4) is 5.75 Å². The summed E-state index contributed by atoms with van der Waals surface area (Å²) in [6.45, 7) is 2.48. The minimum absolute atomic E-state index is 0.125. The van der Waals surface area contributed by atoms with Crippen molar-refractivity contribution < 1.29 is 14.3 Å². The van der Waals surface area contributed by atoms with Gasteiger partial charge in [0.2, 0.25) is 0 Å². The van der Waals surface area contributed by atoms with E-state index < -0.39 is 6.10 Å². The Kier molecular flexibility index (Phi) is 6.29. The van der Waals surface area contributed by atoms with Crippen LogP contribution < -0.4 is 10.1 Å². The third-order valence-electron chi connectivity index (χ3n) is 4.77. The lowest BCUT2D eigenvalue weighted by molar-refractivity contribution is -0.122. The third-order valence-corrected chi connectivity index (χ3v) is 4.77. The highest BCUT2D eigenvalue weighted by Gasteiger charge is 2.19. The van der Waals surface area contributed by atoms with Gasteiger partial charge in [-0.15, -0.1) is 0 Å². The fourth-order valence-corrected chi connectivity index (χ4v) is 3.40. The van der Waals surface area contributed by atoms with Crippen LogP contribution in [-0.2, 0) is 29.0 Å². The molecular formula is C22H27NO3. The van der Waals surface area contributed by atoms with Crippen LogP contribution in [0.2, 0.25) is 0 Å². The number of benzene rings is 2. The number of carbonyl (C=O) groups is 1. The van der Waals surface area contributed by atoms with Crippen LogP contribution in [0.4, 0.5) is 5.69 Å². The van der Waals surface area contributed by atoms with Crippen LogP contribution in [0.15, 0.2) is 42.5 Å². The lowest BCUT2D eigenvalue weighted by Gasteiger charge is -2.20. The molecule has 0 aliphatic heterocycles. The largest absolute Gasteiger partial charge is 0.481 e. The maximum absolute atomic E-state index is 12.6. The number of hydrogen-bond acceptors (Lipinski definition) is 3. The van der Waals surface area contributed by atoms with E-state index in [1.54, 1.807) is 7.11 Å². The Balaban J connectivity index is 1.66. The van der Waals surface area contributed by atoms with Crippen LogP contribution in [0.3, 0.4) is 0 Å². The summed E-state index contributed by atoms with van der Waals surface area (Å²) in [5.74, 6) is 0.653. The summed E-state index contributed by atoms with van der Waals surface area (Å²) in [6, 6.07) is 13.9. The number of hydrogen-bond donors (Lipinski definition) is 1. The highest BCUT2D eigenvalue weighted by atomic mass is 16.5. The van der Waals surface area contributed by atoms with E-state index in [4.69, 9.17) is 9.47 Å². The van der Waals surface area contributed by atoms with Crippen LogP contribution in [-0.4, -0.2) is 19.1 Å². The summed E-state index contributed by atoms with van der Waals surface area (Å²) in [4.78, 5) is 12.6. The van der Waals surface area contributed by atoms with Gasteiger partial charge in [0.05, 0.1) is 6.61 Å². The first-order chi connectivity index (χ1) is 12.7. The number of rotatable bonds is 7. The van der Waals surface area contributed by atoms with Crippen molar-refractivity contribution in [2.45, 2.75) is 51.7 Å². The summed E-state index contributed by atoms with van der Waals surface area (Å²) < 4.78 is 11.1. The standard InChI is InChI=1S/C22H27NO3/c1-3-21(22(24)23-19-10-6-7-16(13-19)15-25-2)26-20-12-11-17-8-4-5-9-18(17)14-20/h6-7,10-14,21H,3-5,8-9,15H2,1-2H3,(H,23,24)/t21-/m0/s1. The van der Waals surface area contributed by atoms with Gasteiger partial charge in [0.1, 0.15) is 5.75 Å². The molecule has 1 N–H and O–H groups in total. The minimum Gasteiger partial charge on any atom is -0.481 e. The number of ether oxygens (including phenoxy) is 2. The van der Waals surface area contributed by atoms with Crippen LogP contribution in [0.25, 0.3) is 0 Å². The topological polar surface area (TPSA) is 47.6 Å². The van der Waals surface area contributed by atoms with Crippen LogP contribution in [0.5, 0.6) is 5.75 Å². The first-order valence-corrected chi connectivity index (χ1v) is 9.36. The molecule has 0 saturated heterocycles. The molecule has 2 aromatic carbocycles. The quantitative estimate of drug-likeness (QED) is 0.797. The Labute approximate surface area is 155 Å². The van der Waals surface area contributed by atoms with E-state index in [-0.39, 0.29) is 5.91 Å². The normalized spacial score (nSPS) is 14.4. The Morgan fingerprint density at radius 2 is 1.92 bits per heavy atom. The lowest BCUT2D eigenvalue weighted by Crippen LogP contribution is -2.32. The lowest BCUT2D eigenvalue weighted by atomic mass is 9.92. The third kappa shape index (κ3) is 4.64. The number of amides is 1. The number of aryl methyl sites for hydroxylation is 2. The van der Waals surface area contributed by atoms with Gasteiger partial charge >= 0.3 is 0 Å². The van der Waals surface area contributed by atoms with Crippen molar-refractivity contribution in [1.82, 2.24) is 0 Å². The molecule has 1 atom stereocenters. The Morgan fingerprint density at radius 1 is 1.12 bits per heavy atom. The summed E-state index contributed by atoms with van der Waals surface area (Å²) in [5, 5.41) is 2.95. The number of nitrogens with one attached hydrogen (secondary N) is 1. The summed E-state index contributed by atoms with van der Waals surface area (Å²) >= 11 is 0. The van der Waals surface area contributed by atoms with Gasteiger partial charge in [-0.1, -0.05) is 25.1 Å². The molecule has 0 aromatic heterocycles. The SMILES string of the molecule is CC[C@H](Oc1ccc2c(c1)CCCC2)C(=O)Nc1cccc(COC)c1. The molecule has 26 heavy (non-hydrogen) atoms. The molecule has 4 nitrogen and oxygen atoms in total. The van der Waals surface area contributed by atoms with Crippen molar-refractivity contribution in [2.24, 2.45) is 0 Å². The molecule has 1 aliphatic carbocycles. The Morgan fingerprint density at radius 3 is 2.69 bits per heavy atom.